The molecule has 0 unspecified atom stereocenters. The lowest BCUT2D eigenvalue weighted by atomic mass is 10.3. The van der Waals surface area contributed by atoms with E-state index in [1.54, 1.807) is 36.9 Å². The van der Waals surface area contributed by atoms with Crippen LogP contribution in [0, 0.1) is 13.8 Å². The zero-order valence-electron chi connectivity index (χ0n) is 14.9. The van der Waals surface area contributed by atoms with Crippen molar-refractivity contribution in [2.45, 2.75) is 13.8 Å². The summed E-state index contributed by atoms with van der Waals surface area (Å²) in [5, 5.41) is 0. The SMILES string of the molecule is COc1cc(C)sc1-c1ccc(-c2ccc(-c3sc(C)cc3OC)s2)s1. The Balaban J connectivity index is 1.67. The monoisotopic (exact) mass is 418 g/mol. The molecule has 0 fully saturated rings. The Bertz CT molecular complexity index is 963. The number of aryl methyl sites for hydroxylation is 2. The second-order valence-corrected chi connectivity index (χ2v) is 10.5. The maximum atomic E-state index is 5.53. The van der Waals surface area contributed by atoms with Gasteiger partial charge in [0.15, 0.2) is 0 Å². The van der Waals surface area contributed by atoms with Crippen molar-refractivity contribution in [2.75, 3.05) is 14.2 Å². The molecule has 0 aliphatic heterocycles. The molecule has 0 radical (unpaired) electrons. The van der Waals surface area contributed by atoms with Crippen LogP contribution in [0.15, 0.2) is 36.4 Å². The van der Waals surface area contributed by atoms with Gasteiger partial charge in [0.1, 0.15) is 11.5 Å². The smallest absolute Gasteiger partial charge is 0.138 e. The van der Waals surface area contributed by atoms with Crippen molar-refractivity contribution in [3.8, 4) is 40.8 Å². The highest BCUT2D eigenvalue weighted by atomic mass is 32.1. The molecule has 0 spiro atoms. The summed E-state index contributed by atoms with van der Waals surface area (Å²) in [5.41, 5.74) is 0. The van der Waals surface area contributed by atoms with Gasteiger partial charge < -0.3 is 9.47 Å². The minimum atomic E-state index is 0.964. The van der Waals surface area contributed by atoms with Gasteiger partial charge in [0.25, 0.3) is 0 Å². The first-order valence-corrected chi connectivity index (χ1v) is 11.3. The number of methoxy groups -OCH3 is 2. The number of hydrogen-bond acceptors (Lipinski definition) is 6. The van der Waals surface area contributed by atoms with E-state index in [0.29, 0.717) is 0 Å². The van der Waals surface area contributed by atoms with Gasteiger partial charge in [0.2, 0.25) is 0 Å². The Labute approximate surface area is 169 Å². The molecule has 0 amide bonds. The fraction of sp³-hybridized carbons (Fsp3) is 0.200. The van der Waals surface area contributed by atoms with Crippen molar-refractivity contribution in [1.82, 2.24) is 0 Å². The van der Waals surface area contributed by atoms with E-state index in [-0.39, 0.29) is 0 Å². The van der Waals surface area contributed by atoms with Crippen LogP contribution in [0.1, 0.15) is 9.75 Å². The van der Waals surface area contributed by atoms with Crippen LogP contribution in [-0.2, 0) is 0 Å². The summed E-state index contributed by atoms with van der Waals surface area (Å²) in [6.45, 7) is 4.24. The number of thiophene rings is 4. The number of ether oxygens (including phenoxy) is 2. The van der Waals surface area contributed by atoms with E-state index in [9.17, 15) is 0 Å². The Morgan fingerprint density at radius 1 is 0.577 bits per heavy atom. The second-order valence-electron chi connectivity index (χ2n) is 5.84. The minimum Gasteiger partial charge on any atom is -0.495 e. The third-order valence-electron chi connectivity index (χ3n) is 3.98. The van der Waals surface area contributed by atoms with Gasteiger partial charge in [-0.1, -0.05) is 0 Å². The molecule has 0 aliphatic rings. The molecule has 6 heteroatoms. The van der Waals surface area contributed by atoms with Crippen molar-refractivity contribution < 1.29 is 9.47 Å². The Morgan fingerprint density at radius 2 is 0.962 bits per heavy atom. The fourth-order valence-corrected chi connectivity index (χ4v) is 7.10. The van der Waals surface area contributed by atoms with Gasteiger partial charge in [-0.05, 0) is 50.2 Å². The van der Waals surface area contributed by atoms with Crippen LogP contribution < -0.4 is 9.47 Å². The van der Waals surface area contributed by atoms with Crippen LogP contribution in [0.5, 0.6) is 11.5 Å². The molecule has 0 N–H and O–H groups in total. The van der Waals surface area contributed by atoms with E-state index in [1.165, 1.54) is 39.0 Å². The van der Waals surface area contributed by atoms with Gasteiger partial charge in [-0.3, -0.25) is 0 Å². The summed E-state index contributed by atoms with van der Waals surface area (Å²) in [6.07, 6.45) is 0. The average molecular weight is 419 g/mol. The predicted molar refractivity (Wildman–Crippen MR) is 117 cm³/mol. The van der Waals surface area contributed by atoms with Gasteiger partial charge >= 0.3 is 0 Å². The van der Waals surface area contributed by atoms with Crippen molar-refractivity contribution in [3.63, 3.8) is 0 Å². The summed E-state index contributed by atoms with van der Waals surface area (Å²) in [5.74, 6) is 1.93. The first-order valence-electron chi connectivity index (χ1n) is 8.08. The molecular formula is C20H18O2S4. The lowest BCUT2D eigenvalue weighted by Gasteiger charge is -1.99. The van der Waals surface area contributed by atoms with Crippen LogP contribution in [-0.4, -0.2) is 14.2 Å². The topological polar surface area (TPSA) is 18.5 Å². The lowest BCUT2D eigenvalue weighted by Crippen LogP contribution is -1.79. The van der Waals surface area contributed by atoms with E-state index >= 15 is 0 Å². The van der Waals surface area contributed by atoms with Crippen LogP contribution in [0.2, 0.25) is 0 Å². The molecule has 0 aliphatic carbocycles. The van der Waals surface area contributed by atoms with Crippen molar-refractivity contribution >= 4 is 45.3 Å². The van der Waals surface area contributed by atoms with Crippen LogP contribution in [0.4, 0.5) is 0 Å². The molecule has 0 aromatic carbocycles. The quantitative estimate of drug-likeness (QED) is 0.333. The highest BCUT2D eigenvalue weighted by Crippen LogP contribution is 2.47. The first-order chi connectivity index (χ1) is 12.6. The van der Waals surface area contributed by atoms with Crippen molar-refractivity contribution in [2.24, 2.45) is 0 Å². The van der Waals surface area contributed by atoms with E-state index in [1.807, 2.05) is 22.7 Å². The molecule has 0 bridgehead atoms. The predicted octanol–water partition coefficient (Wildman–Crippen LogP) is 7.57. The maximum Gasteiger partial charge on any atom is 0.138 e. The van der Waals surface area contributed by atoms with Crippen LogP contribution in [0.25, 0.3) is 29.3 Å². The molecule has 4 aromatic heterocycles. The molecule has 4 aromatic rings. The Hall–Kier alpha value is -1.60. The molecule has 26 heavy (non-hydrogen) atoms. The minimum absolute atomic E-state index is 0.964. The van der Waals surface area contributed by atoms with Crippen molar-refractivity contribution in [3.05, 3.63) is 46.2 Å². The largest absolute Gasteiger partial charge is 0.495 e. The Kier molecular flexibility index (Phi) is 4.92. The Morgan fingerprint density at radius 3 is 1.35 bits per heavy atom. The molecule has 4 heterocycles. The fourth-order valence-electron chi connectivity index (χ4n) is 2.81. The second kappa shape index (κ2) is 7.19. The van der Waals surface area contributed by atoms with Crippen molar-refractivity contribution in [1.29, 1.82) is 0 Å². The third-order valence-corrected chi connectivity index (χ3v) is 8.77. The summed E-state index contributed by atoms with van der Waals surface area (Å²) in [6, 6.07) is 13.0. The zero-order chi connectivity index (χ0) is 18.3. The van der Waals surface area contributed by atoms with Crippen LogP contribution >= 0.6 is 45.3 Å². The standard InChI is InChI=1S/C20H18O2S4/c1-11-9-13(21-3)19(23-11)17-7-5-15(25-17)16-6-8-18(26-16)20-14(22-4)10-12(2)24-20/h5-10H,1-4H3. The summed E-state index contributed by atoms with van der Waals surface area (Å²) in [4.78, 5) is 10.1. The molecule has 0 atom stereocenters. The van der Waals surface area contributed by atoms with Gasteiger partial charge in [0, 0.05) is 29.3 Å². The number of hydrogen-bond donors (Lipinski definition) is 0. The zero-order valence-corrected chi connectivity index (χ0v) is 18.2. The van der Waals surface area contributed by atoms with E-state index < -0.39 is 0 Å². The highest BCUT2D eigenvalue weighted by molar-refractivity contribution is 7.28. The van der Waals surface area contributed by atoms with Crippen LogP contribution in [0.3, 0.4) is 0 Å². The van der Waals surface area contributed by atoms with E-state index in [0.717, 1.165) is 11.5 Å². The molecule has 0 saturated heterocycles. The molecule has 0 saturated carbocycles. The normalized spacial score (nSPS) is 11.1. The van der Waals surface area contributed by atoms with Gasteiger partial charge in [-0.2, -0.15) is 0 Å². The summed E-state index contributed by atoms with van der Waals surface area (Å²) < 4.78 is 11.1. The highest BCUT2D eigenvalue weighted by Gasteiger charge is 2.16. The molecule has 2 nitrogen and oxygen atoms in total. The molecule has 134 valence electrons. The van der Waals surface area contributed by atoms with Gasteiger partial charge in [0.05, 0.1) is 24.0 Å². The molecule has 4 rings (SSSR count). The first kappa shape index (κ1) is 17.8. The summed E-state index contributed by atoms with van der Waals surface area (Å²) in [7, 11) is 3.48. The molecular weight excluding hydrogens is 400 g/mol. The third kappa shape index (κ3) is 3.22. The average Bonchev–Trinajstić information content (AvgIpc) is 3.39. The van der Waals surface area contributed by atoms with Gasteiger partial charge in [-0.25, -0.2) is 0 Å². The summed E-state index contributed by atoms with van der Waals surface area (Å²) >= 11 is 7.21. The number of rotatable bonds is 5. The lowest BCUT2D eigenvalue weighted by molar-refractivity contribution is 0.418. The maximum absolute atomic E-state index is 5.53. The van der Waals surface area contributed by atoms with Gasteiger partial charge in [-0.15, -0.1) is 45.3 Å². The van der Waals surface area contributed by atoms with E-state index in [4.69, 9.17) is 9.47 Å². The van der Waals surface area contributed by atoms with E-state index in [2.05, 4.69) is 50.2 Å².